The summed E-state index contributed by atoms with van der Waals surface area (Å²) >= 11 is 0. The zero-order chi connectivity index (χ0) is 17.1. The number of para-hydroxylation sites is 1. The van der Waals surface area contributed by atoms with E-state index in [2.05, 4.69) is 17.0 Å². The van der Waals surface area contributed by atoms with Crippen LogP contribution in [0.1, 0.15) is 30.5 Å². The smallest absolute Gasteiger partial charge is 0.161 e. The molecular formula is C20H23NO3. The minimum Gasteiger partial charge on any atom is -0.493 e. The summed E-state index contributed by atoms with van der Waals surface area (Å²) in [6.07, 6.45) is 1.40. The Labute approximate surface area is 143 Å². The van der Waals surface area contributed by atoms with Gasteiger partial charge < -0.3 is 14.4 Å². The number of ether oxygens (including phenoxy) is 2. The normalized spacial score (nSPS) is 16.5. The average molecular weight is 325 g/mol. The van der Waals surface area contributed by atoms with Gasteiger partial charge >= 0.3 is 0 Å². The fraction of sp³-hybridized carbons (Fsp3) is 0.350. The fourth-order valence-electron chi connectivity index (χ4n) is 3.45. The highest BCUT2D eigenvalue weighted by molar-refractivity contribution is 5.77. The van der Waals surface area contributed by atoms with E-state index in [0.29, 0.717) is 12.2 Å². The molecule has 0 N–H and O–H groups in total. The molecule has 3 rings (SSSR count). The summed E-state index contributed by atoms with van der Waals surface area (Å²) in [5.41, 5.74) is 3.52. The maximum Gasteiger partial charge on any atom is 0.161 e. The van der Waals surface area contributed by atoms with Crippen molar-refractivity contribution < 1.29 is 14.3 Å². The van der Waals surface area contributed by atoms with Gasteiger partial charge in [0.15, 0.2) is 11.5 Å². The Bertz CT molecular complexity index is 727. The molecule has 126 valence electrons. The van der Waals surface area contributed by atoms with Crippen molar-refractivity contribution in [1.82, 2.24) is 0 Å². The van der Waals surface area contributed by atoms with Crippen LogP contribution in [0.4, 0.5) is 5.69 Å². The molecule has 1 atom stereocenters. The number of Topliss-reactive ketones (excluding diaryl/α,β-unsaturated/α-hetero) is 1. The summed E-state index contributed by atoms with van der Waals surface area (Å²) < 4.78 is 10.9. The van der Waals surface area contributed by atoms with Crippen LogP contribution in [-0.4, -0.2) is 26.5 Å². The molecule has 0 bridgehead atoms. The minimum atomic E-state index is 0.0217. The largest absolute Gasteiger partial charge is 0.493 e. The van der Waals surface area contributed by atoms with Gasteiger partial charge in [0.05, 0.1) is 20.3 Å². The lowest BCUT2D eigenvalue weighted by atomic mass is 9.88. The Morgan fingerprint density at radius 3 is 2.42 bits per heavy atom. The molecule has 0 amide bonds. The number of benzene rings is 2. The van der Waals surface area contributed by atoms with Crippen LogP contribution in [0.25, 0.3) is 0 Å². The maximum absolute atomic E-state index is 11.9. The second kappa shape index (κ2) is 6.95. The van der Waals surface area contributed by atoms with E-state index in [4.69, 9.17) is 9.47 Å². The number of hydrogen-bond donors (Lipinski definition) is 0. The summed E-state index contributed by atoms with van der Waals surface area (Å²) in [5, 5.41) is 0. The Kier molecular flexibility index (Phi) is 4.74. The van der Waals surface area contributed by atoms with Crippen LogP contribution in [-0.2, 0) is 11.2 Å². The Balaban J connectivity index is 2.07. The van der Waals surface area contributed by atoms with Crippen LogP contribution < -0.4 is 14.4 Å². The van der Waals surface area contributed by atoms with E-state index in [1.54, 1.807) is 21.1 Å². The summed E-state index contributed by atoms with van der Waals surface area (Å²) in [5.74, 6) is 1.63. The molecule has 1 aliphatic rings. The van der Waals surface area contributed by atoms with Crippen molar-refractivity contribution in [1.29, 1.82) is 0 Å². The topological polar surface area (TPSA) is 38.8 Å². The lowest BCUT2D eigenvalue weighted by Gasteiger charge is -2.39. The molecule has 4 heteroatoms. The van der Waals surface area contributed by atoms with E-state index >= 15 is 0 Å². The molecule has 0 saturated carbocycles. The van der Waals surface area contributed by atoms with Crippen molar-refractivity contribution in [2.75, 3.05) is 25.7 Å². The number of hydrogen-bond acceptors (Lipinski definition) is 4. The Morgan fingerprint density at radius 2 is 1.79 bits per heavy atom. The zero-order valence-electron chi connectivity index (χ0n) is 14.4. The van der Waals surface area contributed by atoms with Crippen molar-refractivity contribution in [3.05, 3.63) is 53.6 Å². The lowest BCUT2D eigenvalue weighted by molar-refractivity contribution is -0.117. The number of anilines is 1. The van der Waals surface area contributed by atoms with Gasteiger partial charge in [0.2, 0.25) is 0 Å². The van der Waals surface area contributed by atoms with Crippen molar-refractivity contribution >= 4 is 11.5 Å². The zero-order valence-corrected chi connectivity index (χ0v) is 14.4. The predicted molar refractivity (Wildman–Crippen MR) is 95.1 cm³/mol. The van der Waals surface area contributed by atoms with Gasteiger partial charge in [0, 0.05) is 18.7 Å². The quantitative estimate of drug-likeness (QED) is 0.838. The molecule has 2 aromatic rings. The third kappa shape index (κ3) is 3.09. The van der Waals surface area contributed by atoms with Gasteiger partial charge in [-0.1, -0.05) is 18.2 Å². The first-order valence-electron chi connectivity index (χ1n) is 8.20. The van der Waals surface area contributed by atoms with E-state index in [1.807, 2.05) is 30.3 Å². The fourth-order valence-corrected chi connectivity index (χ4v) is 3.45. The van der Waals surface area contributed by atoms with Gasteiger partial charge in [-0.3, -0.25) is 4.79 Å². The van der Waals surface area contributed by atoms with Crippen LogP contribution in [0, 0.1) is 0 Å². The highest BCUT2D eigenvalue weighted by Crippen LogP contribution is 2.41. The van der Waals surface area contributed by atoms with E-state index in [9.17, 15) is 4.79 Å². The average Bonchev–Trinajstić information content (AvgIpc) is 2.61. The van der Waals surface area contributed by atoms with Crippen LogP contribution >= 0.6 is 0 Å². The first kappa shape index (κ1) is 16.4. The number of carbonyl (C=O) groups is 1. The second-order valence-corrected chi connectivity index (χ2v) is 6.11. The molecule has 0 radical (unpaired) electrons. The molecule has 0 aliphatic carbocycles. The van der Waals surface area contributed by atoms with Gasteiger partial charge in [0.25, 0.3) is 0 Å². The predicted octanol–water partition coefficient (Wildman–Crippen LogP) is 3.79. The summed E-state index contributed by atoms with van der Waals surface area (Å²) in [7, 11) is 3.29. The molecule has 24 heavy (non-hydrogen) atoms. The molecule has 0 saturated heterocycles. The van der Waals surface area contributed by atoms with E-state index in [1.165, 1.54) is 5.56 Å². The van der Waals surface area contributed by atoms with Crippen molar-refractivity contribution in [2.24, 2.45) is 0 Å². The molecule has 4 nitrogen and oxygen atoms in total. The van der Waals surface area contributed by atoms with Crippen LogP contribution in [0.3, 0.4) is 0 Å². The molecule has 0 fully saturated rings. The highest BCUT2D eigenvalue weighted by Gasteiger charge is 2.30. The first-order valence-corrected chi connectivity index (χ1v) is 8.20. The molecule has 2 aromatic carbocycles. The van der Waals surface area contributed by atoms with Gasteiger partial charge in [0.1, 0.15) is 5.78 Å². The first-order chi connectivity index (χ1) is 11.6. The molecule has 1 unspecified atom stereocenters. The summed E-state index contributed by atoms with van der Waals surface area (Å²) in [6.45, 7) is 2.53. The summed E-state index contributed by atoms with van der Waals surface area (Å²) in [4.78, 5) is 14.2. The van der Waals surface area contributed by atoms with Crippen molar-refractivity contribution in [3.63, 3.8) is 0 Å². The Morgan fingerprint density at radius 1 is 1.12 bits per heavy atom. The van der Waals surface area contributed by atoms with E-state index in [0.717, 1.165) is 30.0 Å². The molecule has 0 spiro atoms. The second-order valence-electron chi connectivity index (χ2n) is 6.11. The number of rotatable bonds is 5. The van der Waals surface area contributed by atoms with Gasteiger partial charge in [-0.05, 0) is 48.7 Å². The van der Waals surface area contributed by atoms with Crippen molar-refractivity contribution in [2.45, 2.75) is 25.8 Å². The third-order valence-electron chi connectivity index (χ3n) is 4.57. The van der Waals surface area contributed by atoms with Crippen LogP contribution in [0.2, 0.25) is 0 Å². The number of fused-ring (bicyclic) bond motifs is 1. The summed E-state index contributed by atoms with van der Waals surface area (Å²) in [6, 6.07) is 14.4. The van der Waals surface area contributed by atoms with E-state index in [-0.39, 0.29) is 11.8 Å². The number of methoxy groups -OCH3 is 2. The highest BCUT2D eigenvalue weighted by atomic mass is 16.5. The van der Waals surface area contributed by atoms with Gasteiger partial charge in [-0.2, -0.15) is 0 Å². The minimum absolute atomic E-state index is 0.0217. The van der Waals surface area contributed by atoms with Crippen LogP contribution in [0.15, 0.2) is 42.5 Å². The monoisotopic (exact) mass is 325 g/mol. The molecule has 1 aliphatic heterocycles. The van der Waals surface area contributed by atoms with Crippen molar-refractivity contribution in [3.8, 4) is 11.5 Å². The molecule has 0 aromatic heterocycles. The lowest BCUT2D eigenvalue weighted by Crippen LogP contribution is -2.36. The standard InChI is InChI=1S/C20H23NO3/c1-14(22)11-18-17-13-20(24-3)19(23-2)12-15(17)9-10-21(18)16-7-5-4-6-8-16/h4-8,12-13,18H,9-11H2,1-3H3. The maximum atomic E-state index is 11.9. The third-order valence-corrected chi connectivity index (χ3v) is 4.57. The SMILES string of the molecule is COc1cc2c(cc1OC)C(CC(C)=O)N(c1ccccc1)CC2. The van der Waals surface area contributed by atoms with E-state index < -0.39 is 0 Å². The number of ketones is 1. The Hall–Kier alpha value is -2.49. The molecule has 1 heterocycles. The van der Waals surface area contributed by atoms with Crippen LogP contribution in [0.5, 0.6) is 11.5 Å². The molecular weight excluding hydrogens is 302 g/mol. The van der Waals surface area contributed by atoms with Gasteiger partial charge in [-0.25, -0.2) is 0 Å². The number of carbonyl (C=O) groups excluding carboxylic acids is 1. The van der Waals surface area contributed by atoms with Gasteiger partial charge in [-0.15, -0.1) is 0 Å². The number of nitrogens with zero attached hydrogens (tertiary/aromatic N) is 1.